The topological polar surface area (TPSA) is 64.8 Å². The number of pyridine rings is 1. The molecule has 2 rings (SSSR count). The lowest BCUT2D eigenvalue weighted by molar-refractivity contribution is 0.590. The van der Waals surface area contributed by atoms with Crippen LogP contribution in [0.4, 0.5) is 0 Å². The Morgan fingerprint density at radius 3 is 2.72 bits per heavy atom. The quantitative estimate of drug-likeness (QED) is 0.819. The first kappa shape index (κ1) is 12.8. The second-order valence-electron chi connectivity index (χ2n) is 3.90. The summed E-state index contributed by atoms with van der Waals surface area (Å²) >= 11 is 0. The molecule has 0 fully saturated rings. The molecule has 18 heavy (non-hydrogen) atoms. The van der Waals surface area contributed by atoms with Crippen LogP contribution in [0, 0.1) is 0 Å². The van der Waals surface area contributed by atoms with Crippen LogP contribution in [-0.2, 0) is 16.4 Å². The van der Waals surface area contributed by atoms with Gasteiger partial charge >= 0.3 is 0 Å². The number of hydrogen-bond acceptors (Lipinski definition) is 4. The number of aromatic nitrogens is 3. The maximum Gasteiger partial charge on any atom is 0.158 e. The number of nitrogens with zero attached hydrogens (tertiary/aromatic N) is 3. The zero-order valence-corrected chi connectivity index (χ0v) is 11.0. The predicted octanol–water partition coefficient (Wildman–Crippen LogP) is 1.38. The molecule has 0 amide bonds. The van der Waals surface area contributed by atoms with Crippen molar-refractivity contribution in [1.29, 1.82) is 0 Å². The Kier molecular flexibility index (Phi) is 3.76. The van der Waals surface area contributed by atoms with Crippen molar-refractivity contribution in [2.45, 2.75) is 13.5 Å². The fourth-order valence-electron chi connectivity index (χ4n) is 1.60. The summed E-state index contributed by atoms with van der Waals surface area (Å²) in [4.78, 5) is 8.43. The van der Waals surface area contributed by atoms with Gasteiger partial charge in [-0.2, -0.15) is 0 Å². The van der Waals surface area contributed by atoms with E-state index in [1.54, 1.807) is 25.5 Å². The first-order chi connectivity index (χ1) is 8.62. The van der Waals surface area contributed by atoms with E-state index in [-0.39, 0.29) is 11.5 Å². The molecular weight excluding hydrogens is 250 g/mol. The Labute approximate surface area is 106 Å². The summed E-state index contributed by atoms with van der Waals surface area (Å²) in [5.41, 5.74) is 0.747. The molecule has 0 aliphatic rings. The molecule has 6 heteroatoms. The van der Waals surface area contributed by atoms with Gasteiger partial charge in [-0.3, -0.25) is 4.98 Å². The average Bonchev–Trinajstić information content (AvgIpc) is 2.86. The summed E-state index contributed by atoms with van der Waals surface area (Å²) in [6, 6.07) is 5.57. The number of imidazole rings is 1. The first-order valence-corrected chi connectivity index (χ1v) is 7.57. The fraction of sp³-hybridized carbons (Fsp3) is 0.333. The van der Waals surface area contributed by atoms with Crippen LogP contribution in [0.3, 0.4) is 0 Å². The smallest absolute Gasteiger partial charge is 0.158 e. The molecule has 0 saturated carbocycles. The van der Waals surface area contributed by atoms with Crippen molar-refractivity contribution < 1.29 is 8.42 Å². The highest BCUT2D eigenvalue weighted by Gasteiger charge is 2.11. The van der Waals surface area contributed by atoms with Crippen LogP contribution < -0.4 is 0 Å². The molecule has 0 spiro atoms. The van der Waals surface area contributed by atoms with Crippen molar-refractivity contribution in [3.05, 3.63) is 36.8 Å². The fourth-order valence-corrected chi connectivity index (χ4v) is 2.36. The van der Waals surface area contributed by atoms with Crippen molar-refractivity contribution in [2.75, 3.05) is 11.5 Å². The van der Waals surface area contributed by atoms with Gasteiger partial charge in [-0.05, 0) is 12.1 Å². The van der Waals surface area contributed by atoms with Crippen LogP contribution in [0.25, 0.3) is 11.5 Å². The van der Waals surface area contributed by atoms with Crippen molar-refractivity contribution in [2.24, 2.45) is 0 Å². The lowest BCUT2D eigenvalue weighted by Gasteiger charge is -2.07. The van der Waals surface area contributed by atoms with Gasteiger partial charge in [0.15, 0.2) is 15.7 Å². The van der Waals surface area contributed by atoms with Crippen molar-refractivity contribution in [3.63, 3.8) is 0 Å². The minimum Gasteiger partial charge on any atom is -0.329 e. The Morgan fingerprint density at radius 2 is 2.06 bits per heavy atom. The van der Waals surface area contributed by atoms with Crippen LogP contribution in [0.15, 0.2) is 36.8 Å². The maximum absolute atomic E-state index is 11.5. The summed E-state index contributed by atoms with van der Waals surface area (Å²) in [7, 11) is -2.96. The van der Waals surface area contributed by atoms with Crippen LogP contribution >= 0.6 is 0 Å². The SMILES string of the molecule is CCS(=O)(=O)CCn1ccnc1-c1ccccn1. The van der Waals surface area contributed by atoms with Crippen molar-refractivity contribution >= 4 is 9.84 Å². The maximum atomic E-state index is 11.5. The van der Waals surface area contributed by atoms with Gasteiger partial charge in [0.05, 0.1) is 5.75 Å². The molecule has 0 aromatic carbocycles. The second-order valence-corrected chi connectivity index (χ2v) is 6.37. The minimum absolute atomic E-state index is 0.125. The van der Waals surface area contributed by atoms with Gasteiger partial charge in [0.1, 0.15) is 5.69 Å². The number of rotatable bonds is 5. The number of sulfone groups is 1. The van der Waals surface area contributed by atoms with E-state index in [1.165, 1.54) is 0 Å². The molecule has 5 nitrogen and oxygen atoms in total. The van der Waals surface area contributed by atoms with E-state index in [1.807, 2.05) is 22.8 Å². The highest BCUT2D eigenvalue weighted by Crippen LogP contribution is 2.13. The first-order valence-electron chi connectivity index (χ1n) is 5.75. The van der Waals surface area contributed by atoms with Crippen LogP contribution in [0.1, 0.15) is 6.92 Å². The third-order valence-electron chi connectivity index (χ3n) is 2.69. The molecule has 0 bridgehead atoms. The summed E-state index contributed by atoms with van der Waals surface area (Å²) in [5.74, 6) is 0.988. The lowest BCUT2D eigenvalue weighted by atomic mass is 10.3. The Hall–Kier alpha value is -1.69. The monoisotopic (exact) mass is 265 g/mol. The van der Waals surface area contributed by atoms with Gasteiger partial charge < -0.3 is 4.57 Å². The Bertz CT molecular complexity index is 605. The molecule has 2 aromatic heterocycles. The molecular formula is C12H15N3O2S. The normalized spacial score (nSPS) is 11.6. The Morgan fingerprint density at radius 1 is 1.22 bits per heavy atom. The average molecular weight is 265 g/mol. The van der Waals surface area contributed by atoms with E-state index in [9.17, 15) is 8.42 Å². The van der Waals surface area contributed by atoms with E-state index in [2.05, 4.69) is 9.97 Å². The third kappa shape index (κ3) is 2.95. The highest BCUT2D eigenvalue weighted by atomic mass is 32.2. The predicted molar refractivity (Wildman–Crippen MR) is 69.8 cm³/mol. The molecule has 96 valence electrons. The van der Waals surface area contributed by atoms with E-state index in [0.717, 1.165) is 5.69 Å². The summed E-state index contributed by atoms with van der Waals surface area (Å²) in [6.45, 7) is 2.06. The van der Waals surface area contributed by atoms with Crippen molar-refractivity contribution in [1.82, 2.24) is 14.5 Å². The molecule has 0 aliphatic carbocycles. The molecule has 0 atom stereocenters. The minimum atomic E-state index is -2.96. The van der Waals surface area contributed by atoms with Gasteiger partial charge in [0, 0.05) is 30.9 Å². The van der Waals surface area contributed by atoms with E-state index >= 15 is 0 Å². The van der Waals surface area contributed by atoms with Gasteiger partial charge in [0.2, 0.25) is 0 Å². The number of aryl methyl sites for hydroxylation is 1. The van der Waals surface area contributed by atoms with Crippen molar-refractivity contribution in [3.8, 4) is 11.5 Å². The molecule has 0 unspecified atom stereocenters. The number of hydrogen-bond donors (Lipinski definition) is 0. The lowest BCUT2D eigenvalue weighted by Crippen LogP contribution is -2.15. The van der Waals surface area contributed by atoms with E-state index in [4.69, 9.17) is 0 Å². The van der Waals surface area contributed by atoms with Crippen LogP contribution in [0.2, 0.25) is 0 Å². The summed E-state index contributed by atoms with van der Waals surface area (Å²) < 4.78 is 24.8. The zero-order chi connectivity index (χ0) is 13.0. The zero-order valence-electron chi connectivity index (χ0n) is 10.2. The third-order valence-corrected chi connectivity index (χ3v) is 4.38. The van der Waals surface area contributed by atoms with Crippen LogP contribution in [-0.4, -0.2) is 34.5 Å². The molecule has 2 heterocycles. The molecule has 0 N–H and O–H groups in total. The molecule has 0 saturated heterocycles. The van der Waals surface area contributed by atoms with Gasteiger partial charge in [-0.15, -0.1) is 0 Å². The standard InChI is InChI=1S/C12H15N3O2S/c1-2-18(16,17)10-9-15-8-7-14-12(15)11-5-3-4-6-13-11/h3-8H,2,9-10H2,1H3. The molecule has 2 aromatic rings. The largest absolute Gasteiger partial charge is 0.329 e. The van der Waals surface area contributed by atoms with Crippen LogP contribution in [0.5, 0.6) is 0 Å². The van der Waals surface area contributed by atoms with Gasteiger partial charge in [0.25, 0.3) is 0 Å². The molecule has 0 aliphatic heterocycles. The summed E-state index contributed by atoms with van der Waals surface area (Å²) in [6.07, 6.45) is 5.12. The van der Waals surface area contributed by atoms with Gasteiger partial charge in [-0.1, -0.05) is 13.0 Å². The summed E-state index contributed by atoms with van der Waals surface area (Å²) in [5, 5.41) is 0. The van der Waals surface area contributed by atoms with E-state index in [0.29, 0.717) is 12.4 Å². The van der Waals surface area contributed by atoms with Gasteiger partial charge in [-0.25, -0.2) is 13.4 Å². The highest BCUT2D eigenvalue weighted by molar-refractivity contribution is 7.91. The Balaban J connectivity index is 2.19. The van der Waals surface area contributed by atoms with E-state index < -0.39 is 9.84 Å². The second kappa shape index (κ2) is 5.30. The molecule has 0 radical (unpaired) electrons.